The first kappa shape index (κ1) is 15.7. The van der Waals surface area contributed by atoms with Gasteiger partial charge in [-0.25, -0.2) is 4.79 Å². The number of hydrogen-bond donors (Lipinski definition) is 2. The minimum Gasteiger partial charge on any atom is -0.474 e. The Balaban J connectivity index is 1.69. The fourth-order valence-electron chi connectivity index (χ4n) is 3.34. The van der Waals surface area contributed by atoms with Gasteiger partial charge in [-0.2, -0.15) is 0 Å². The Morgan fingerprint density at radius 3 is 2.80 bits per heavy atom. The largest absolute Gasteiger partial charge is 0.474 e. The van der Waals surface area contributed by atoms with Crippen LogP contribution in [0.4, 0.5) is 0 Å². The Bertz CT molecular complexity index is 902. The zero-order chi connectivity index (χ0) is 17.2. The number of rotatable bonds is 4. The molecule has 0 radical (unpaired) electrons. The normalized spacial score (nSPS) is 14.8. The summed E-state index contributed by atoms with van der Waals surface area (Å²) in [5.74, 6) is 0.249. The molecular weight excluding hydrogens is 316 g/mol. The van der Waals surface area contributed by atoms with E-state index in [-0.39, 0.29) is 0 Å². The highest BCUT2D eigenvalue weighted by molar-refractivity contribution is 5.86. The number of benzene rings is 2. The Labute approximate surface area is 146 Å². The van der Waals surface area contributed by atoms with Gasteiger partial charge in [-0.05, 0) is 36.7 Å². The number of aromatic amines is 1. The average molecular weight is 336 g/mol. The van der Waals surface area contributed by atoms with Crippen molar-refractivity contribution in [2.24, 2.45) is 0 Å². The third kappa shape index (κ3) is 2.98. The number of esters is 1. The van der Waals surface area contributed by atoms with Crippen LogP contribution in [0.5, 0.6) is 5.75 Å². The predicted molar refractivity (Wildman–Crippen MR) is 95.5 cm³/mol. The topological polar surface area (TPSA) is 63.4 Å². The Kier molecular flexibility index (Phi) is 4.15. The highest BCUT2D eigenvalue weighted by Gasteiger charge is 2.24. The summed E-state index contributed by atoms with van der Waals surface area (Å²) in [6.45, 7) is 1.83. The van der Waals surface area contributed by atoms with Crippen molar-refractivity contribution in [2.45, 2.75) is 19.1 Å². The van der Waals surface area contributed by atoms with Crippen molar-refractivity contribution >= 4 is 16.9 Å². The van der Waals surface area contributed by atoms with Gasteiger partial charge in [-0.15, -0.1) is 0 Å². The highest BCUT2D eigenvalue weighted by atomic mass is 16.6. The molecule has 4 rings (SSSR count). The number of carbonyl (C=O) groups excluding carboxylic acids is 1. The van der Waals surface area contributed by atoms with Gasteiger partial charge in [0.05, 0.1) is 7.11 Å². The fraction of sp³-hybridized carbons (Fsp3) is 0.250. The lowest BCUT2D eigenvalue weighted by Gasteiger charge is -2.17. The number of nitrogens with one attached hydrogen (secondary N) is 2. The standard InChI is InChI=1S/C20H20N2O3/c1-24-20(23)19(13-5-3-2-4-6-13)25-14-7-8-17-16(11-14)15-9-10-21-12-18(15)22-17/h2-8,11,19,21-22H,9-10,12H2,1H3. The van der Waals surface area contributed by atoms with Crippen LogP contribution in [0.3, 0.4) is 0 Å². The molecule has 0 saturated carbocycles. The number of hydrogen-bond acceptors (Lipinski definition) is 4. The van der Waals surface area contributed by atoms with Gasteiger partial charge in [0.15, 0.2) is 0 Å². The molecule has 25 heavy (non-hydrogen) atoms. The second-order valence-electron chi connectivity index (χ2n) is 6.15. The van der Waals surface area contributed by atoms with Gasteiger partial charge in [0.25, 0.3) is 0 Å². The third-order valence-electron chi connectivity index (χ3n) is 4.59. The molecule has 1 aliphatic heterocycles. The molecule has 2 N–H and O–H groups in total. The molecule has 0 spiro atoms. The number of methoxy groups -OCH3 is 1. The van der Waals surface area contributed by atoms with Crippen molar-refractivity contribution in [1.82, 2.24) is 10.3 Å². The molecule has 5 nitrogen and oxygen atoms in total. The van der Waals surface area contributed by atoms with Crippen LogP contribution in [-0.4, -0.2) is 24.6 Å². The smallest absolute Gasteiger partial charge is 0.351 e. The Hall–Kier alpha value is -2.79. The Morgan fingerprint density at radius 1 is 1.16 bits per heavy atom. The summed E-state index contributed by atoms with van der Waals surface area (Å²) in [5, 5.41) is 4.53. The lowest BCUT2D eigenvalue weighted by Crippen LogP contribution is -2.23. The molecule has 128 valence electrons. The summed E-state index contributed by atoms with van der Waals surface area (Å²) in [6.07, 6.45) is 0.206. The molecule has 2 aromatic carbocycles. The average Bonchev–Trinajstić information content (AvgIpc) is 3.04. The van der Waals surface area contributed by atoms with E-state index in [9.17, 15) is 4.79 Å². The number of carbonyl (C=O) groups is 1. The zero-order valence-electron chi connectivity index (χ0n) is 14.0. The second-order valence-corrected chi connectivity index (χ2v) is 6.15. The van der Waals surface area contributed by atoms with Crippen molar-refractivity contribution in [3.05, 3.63) is 65.4 Å². The first-order valence-corrected chi connectivity index (χ1v) is 8.40. The zero-order valence-corrected chi connectivity index (χ0v) is 14.0. The van der Waals surface area contributed by atoms with E-state index in [2.05, 4.69) is 10.3 Å². The van der Waals surface area contributed by atoms with Gasteiger partial charge in [0.1, 0.15) is 5.75 Å². The Morgan fingerprint density at radius 2 is 2.00 bits per heavy atom. The number of H-pyrrole nitrogens is 1. The SMILES string of the molecule is COC(=O)C(Oc1ccc2[nH]c3c(c2c1)CCNC3)c1ccccc1. The van der Waals surface area contributed by atoms with Crippen LogP contribution in [0, 0.1) is 0 Å². The van der Waals surface area contributed by atoms with Crippen molar-refractivity contribution < 1.29 is 14.3 Å². The number of ether oxygens (including phenoxy) is 2. The lowest BCUT2D eigenvalue weighted by atomic mass is 10.0. The summed E-state index contributed by atoms with van der Waals surface area (Å²) in [7, 11) is 1.38. The van der Waals surface area contributed by atoms with Gasteiger partial charge in [0, 0.05) is 28.7 Å². The first-order chi connectivity index (χ1) is 12.3. The quantitative estimate of drug-likeness (QED) is 0.719. The summed E-state index contributed by atoms with van der Waals surface area (Å²) < 4.78 is 10.9. The van der Waals surface area contributed by atoms with Crippen molar-refractivity contribution in [3.8, 4) is 5.75 Å². The van der Waals surface area contributed by atoms with E-state index in [1.807, 2.05) is 48.5 Å². The molecule has 5 heteroatoms. The highest BCUT2D eigenvalue weighted by Crippen LogP contribution is 2.31. The van der Waals surface area contributed by atoms with Crippen LogP contribution in [0.1, 0.15) is 22.9 Å². The van der Waals surface area contributed by atoms with E-state index >= 15 is 0 Å². The number of fused-ring (bicyclic) bond motifs is 3. The van der Waals surface area contributed by atoms with Gasteiger partial charge in [-0.3, -0.25) is 0 Å². The molecule has 0 bridgehead atoms. The van der Waals surface area contributed by atoms with E-state index in [0.29, 0.717) is 5.75 Å². The molecule has 0 aliphatic carbocycles. The molecule has 1 aromatic heterocycles. The third-order valence-corrected chi connectivity index (χ3v) is 4.59. The van der Waals surface area contributed by atoms with Gasteiger partial charge in [0.2, 0.25) is 6.10 Å². The molecule has 3 aromatic rings. The summed E-state index contributed by atoms with van der Waals surface area (Å²) in [5.41, 5.74) is 4.42. The van der Waals surface area contributed by atoms with Crippen molar-refractivity contribution in [2.75, 3.05) is 13.7 Å². The minimum absolute atomic E-state index is 0.411. The number of aromatic nitrogens is 1. The van der Waals surface area contributed by atoms with Crippen LogP contribution in [0.15, 0.2) is 48.5 Å². The second kappa shape index (κ2) is 6.61. The summed E-state index contributed by atoms with van der Waals surface area (Å²) >= 11 is 0. The van der Waals surface area contributed by atoms with E-state index in [0.717, 1.165) is 36.0 Å². The maximum atomic E-state index is 12.2. The van der Waals surface area contributed by atoms with E-state index in [1.165, 1.54) is 18.4 Å². The molecule has 1 unspecified atom stereocenters. The van der Waals surface area contributed by atoms with Crippen LogP contribution in [0.2, 0.25) is 0 Å². The molecule has 1 atom stereocenters. The van der Waals surface area contributed by atoms with E-state index < -0.39 is 12.1 Å². The summed E-state index contributed by atoms with van der Waals surface area (Å²) in [4.78, 5) is 15.7. The first-order valence-electron chi connectivity index (χ1n) is 8.40. The minimum atomic E-state index is -0.778. The van der Waals surface area contributed by atoms with Gasteiger partial charge >= 0.3 is 5.97 Å². The van der Waals surface area contributed by atoms with Crippen LogP contribution in [0.25, 0.3) is 10.9 Å². The predicted octanol–water partition coefficient (Wildman–Crippen LogP) is 3.11. The fourth-order valence-corrected chi connectivity index (χ4v) is 3.34. The van der Waals surface area contributed by atoms with Crippen molar-refractivity contribution in [3.63, 3.8) is 0 Å². The molecule has 0 amide bonds. The van der Waals surface area contributed by atoms with Gasteiger partial charge in [-0.1, -0.05) is 30.3 Å². The monoisotopic (exact) mass is 336 g/mol. The molecule has 2 heterocycles. The molecular formula is C20H20N2O3. The van der Waals surface area contributed by atoms with Crippen LogP contribution < -0.4 is 10.1 Å². The van der Waals surface area contributed by atoms with Gasteiger partial charge < -0.3 is 19.8 Å². The molecule has 0 saturated heterocycles. The van der Waals surface area contributed by atoms with Crippen LogP contribution >= 0.6 is 0 Å². The molecule has 1 aliphatic rings. The van der Waals surface area contributed by atoms with Crippen LogP contribution in [-0.2, 0) is 22.5 Å². The van der Waals surface area contributed by atoms with E-state index in [4.69, 9.17) is 9.47 Å². The van der Waals surface area contributed by atoms with Crippen molar-refractivity contribution in [1.29, 1.82) is 0 Å². The lowest BCUT2D eigenvalue weighted by molar-refractivity contribution is -0.149. The maximum Gasteiger partial charge on any atom is 0.351 e. The maximum absolute atomic E-state index is 12.2. The summed E-state index contributed by atoms with van der Waals surface area (Å²) in [6, 6.07) is 15.3. The van der Waals surface area contributed by atoms with E-state index in [1.54, 1.807) is 0 Å². The molecule has 0 fully saturated rings.